The van der Waals surface area contributed by atoms with Crippen molar-refractivity contribution >= 4 is 28.1 Å². The number of pyridine rings is 2. The lowest BCUT2D eigenvalue weighted by Gasteiger charge is -2.31. The molecule has 3 N–H and O–H groups in total. The molecule has 0 radical (unpaired) electrons. The standard InChI is InChI=1S/C19H19N7S/c20-12-3-2-6-26(10-12)18-5-1-4-14(23-18)19-13-7-15(17-9-21-11-27-17)22-8-16(13)24-25-19/h1,4-5,7-9,11-12H,2-3,6,10,20H2,(H,24,25)/t12-/m0/s1. The van der Waals surface area contributed by atoms with Crippen LogP contribution in [-0.4, -0.2) is 44.3 Å². The van der Waals surface area contributed by atoms with Crippen LogP contribution in [0.15, 0.2) is 42.2 Å². The maximum Gasteiger partial charge on any atom is 0.129 e. The van der Waals surface area contributed by atoms with Gasteiger partial charge in [-0.15, -0.1) is 11.3 Å². The Labute approximate surface area is 160 Å². The van der Waals surface area contributed by atoms with Gasteiger partial charge < -0.3 is 10.6 Å². The summed E-state index contributed by atoms with van der Waals surface area (Å²) in [5.41, 5.74) is 11.4. The summed E-state index contributed by atoms with van der Waals surface area (Å²) in [7, 11) is 0. The molecule has 5 heterocycles. The third-order valence-corrected chi connectivity index (χ3v) is 5.69. The lowest BCUT2D eigenvalue weighted by molar-refractivity contribution is 0.503. The van der Waals surface area contributed by atoms with Gasteiger partial charge in [-0.2, -0.15) is 5.10 Å². The van der Waals surface area contributed by atoms with Crippen LogP contribution in [0.4, 0.5) is 5.82 Å². The summed E-state index contributed by atoms with van der Waals surface area (Å²) in [6.45, 7) is 1.84. The highest BCUT2D eigenvalue weighted by atomic mass is 32.1. The molecule has 136 valence electrons. The molecule has 1 atom stereocenters. The fourth-order valence-electron chi connectivity index (χ4n) is 3.54. The van der Waals surface area contributed by atoms with Gasteiger partial charge in [-0.05, 0) is 31.0 Å². The Kier molecular flexibility index (Phi) is 4.06. The molecular weight excluding hydrogens is 358 g/mol. The Hall–Kier alpha value is -2.84. The van der Waals surface area contributed by atoms with E-state index >= 15 is 0 Å². The maximum atomic E-state index is 6.13. The molecular formula is C19H19N7S. The monoisotopic (exact) mass is 377 g/mol. The van der Waals surface area contributed by atoms with Crippen LogP contribution in [0.2, 0.25) is 0 Å². The predicted octanol–water partition coefficient (Wildman–Crippen LogP) is 3.07. The first kappa shape index (κ1) is 16.3. The number of fused-ring (bicyclic) bond motifs is 1. The zero-order valence-electron chi connectivity index (χ0n) is 14.7. The first-order valence-corrected chi connectivity index (χ1v) is 9.87. The number of hydrogen-bond donors (Lipinski definition) is 2. The highest BCUT2D eigenvalue weighted by Crippen LogP contribution is 2.30. The summed E-state index contributed by atoms with van der Waals surface area (Å²) in [5, 5.41) is 8.58. The zero-order valence-corrected chi connectivity index (χ0v) is 15.5. The van der Waals surface area contributed by atoms with Crippen LogP contribution in [0.1, 0.15) is 12.8 Å². The average Bonchev–Trinajstić information content (AvgIpc) is 3.37. The number of thiazole rings is 1. The number of hydrogen-bond acceptors (Lipinski definition) is 7. The van der Waals surface area contributed by atoms with Crippen molar-refractivity contribution in [3.63, 3.8) is 0 Å². The molecule has 0 amide bonds. The Balaban J connectivity index is 1.55. The number of nitrogens with one attached hydrogen (secondary N) is 1. The first-order valence-electron chi connectivity index (χ1n) is 8.99. The van der Waals surface area contributed by atoms with E-state index in [0.29, 0.717) is 0 Å². The molecule has 0 unspecified atom stereocenters. The van der Waals surface area contributed by atoms with Gasteiger partial charge >= 0.3 is 0 Å². The highest BCUT2D eigenvalue weighted by molar-refractivity contribution is 7.13. The topological polar surface area (TPSA) is 96.6 Å². The van der Waals surface area contributed by atoms with E-state index in [1.165, 1.54) is 0 Å². The molecule has 1 fully saturated rings. The smallest absolute Gasteiger partial charge is 0.129 e. The number of nitrogens with two attached hydrogens (primary N) is 1. The van der Waals surface area contributed by atoms with E-state index in [2.05, 4.69) is 25.1 Å². The summed E-state index contributed by atoms with van der Waals surface area (Å²) >= 11 is 1.57. The summed E-state index contributed by atoms with van der Waals surface area (Å²) in [4.78, 5) is 16.8. The van der Waals surface area contributed by atoms with E-state index < -0.39 is 0 Å². The quantitative estimate of drug-likeness (QED) is 0.569. The van der Waals surface area contributed by atoms with Crippen molar-refractivity contribution in [2.45, 2.75) is 18.9 Å². The van der Waals surface area contributed by atoms with E-state index in [1.54, 1.807) is 11.3 Å². The third kappa shape index (κ3) is 3.07. The third-order valence-electron chi connectivity index (χ3n) is 4.89. The second-order valence-electron chi connectivity index (χ2n) is 6.78. The van der Waals surface area contributed by atoms with E-state index in [-0.39, 0.29) is 6.04 Å². The largest absolute Gasteiger partial charge is 0.355 e. The second kappa shape index (κ2) is 6.71. The van der Waals surface area contributed by atoms with E-state index in [4.69, 9.17) is 10.7 Å². The SMILES string of the molecule is N[C@H]1CCCN(c2cccc(-c3n[nH]c4cnc(-c5cncs5)cc34)n2)C1. The number of aromatic nitrogens is 5. The molecule has 5 rings (SSSR count). The molecule has 1 aliphatic rings. The van der Waals surface area contributed by atoms with Crippen molar-refractivity contribution in [2.24, 2.45) is 5.73 Å². The minimum absolute atomic E-state index is 0.212. The molecule has 0 bridgehead atoms. The van der Waals surface area contributed by atoms with Crippen LogP contribution in [-0.2, 0) is 0 Å². The molecule has 1 aliphatic heterocycles. The van der Waals surface area contributed by atoms with E-state index in [0.717, 1.165) is 64.6 Å². The van der Waals surface area contributed by atoms with Crippen molar-refractivity contribution in [2.75, 3.05) is 18.0 Å². The van der Waals surface area contributed by atoms with Crippen molar-refractivity contribution in [1.29, 1.82) is 0 Å². The van der Waals surface area contributed by atoms with Crippen LogP contribution in [0.25, 0.3) is 32.9 Å². The molecule has 0 spiro atoms. The van der Waals surface area contributed by atoms with Gasteiger partial charge in [-0.1, -0.05) is 6.07 Å². The molecule has 0 aromatic carbocycles. The molecule has 4 aromatic heterocycles. The number of aromatic amines is 1. The van der Waals surface area contributed by atoms with Crippen molar-refractivity contribution in [1.82, 2.24) is 25.1 Å². The van der Waals surface area contributed by atoms with E-state index in [9.17, 15) is 0 Å². The number of piperidine rings is 1. The summed E-state index contributed by atoms with van der Waals surface area (Å²) < 4.78 is 0. The fourth-order valence-corrected chi connectivity index (χ4v) is 4.13. The number of H-pyrrole nitrogens is 1. The summed E-state index contributed by atoms with van der Waals surface area (Å²) in [6, 6.07) is 8.33. The molecule has 4 aromatic rings. The number of anilines is 1. The van der Waals surface area contributed by atoms with Gasteiger partial charge in [0.05, 0.1) is 33.5 Å². The molecule has 27 heavy (non-hydrogen) atoms. The Morgan fingerprint density at radius 2 is 2.19 bits per heavy atom. The predicted molar refractivity (Wildman–Crippen MR) is 108 cm³/mol. The average molecular weight is 377 g/mol. The summed E-state index contributed by atoms with van der Waals surface area (Å²) in [5.74, 6) is 0.954. The molecule has 0 aliphatic carbocycles. The normalized spacial score (nSPS) is 17.5. The molecule has 0 saturated carbocycles. The molecule has 8 heteroatoms. The van der Waals surface area contributed by atoms with Crippen LogP contribution in [0.5, 0.6) is 0 Å². The first-order chi connectivity index (χ1) is 13.3. The lowest BCUT2D eigenvalue weighted by Crippen LogP contribution is -2.43. The van der Waals surface area contributed by atoms with Gasteiger partial charge in [-0.3, -0.25) is 15.1 Å². The minimum Gasteiger partial charge on any atom is -0.355 e. The van der Waals surface area contributed by atoms with Crippen molar-refractivity contribution < 1.29 is 0 Å². The van der Waals surface area contributed by atoms with Gasteiger partial charge in [0.25, 0.3) is 0 Å². The maximum absolute atomic E-state index is 6.13. The van der Waals surface area contributed by atoms with Crippen LogP contribution in [0.3, 0.4) is 0 Å². The Morgan fingerprint density at radius 1 is 1.22 bits per heavy atom. The van der Waals surface area contributed by atoms with Gasteiger partial charge in [0.2, 0.25) is 0 Å². The molecule has 1 saturated heterocycles. The van der Waals surface area contributed by atoms with Crippen LogP contribution >= 0.6 is 11.3 Å². The van der Waals surface area contributed by atoms with Crippen LogP contribution < -0.4 is 10.6 Å². The van der Waals surface area contributed by atoms with Gasteiger partial charge in [0.1, 0.15) is 11.5 Å². The second-order valence-corrected chi connectivity index (χ2v) is 7.67. The minimum atomic E-state index is 0.212. The Morgan fingerprint density at radius 3 is 3.04 bits per heavy atom. The lowest BCUT2D eigenvalue weighted by atomic mass is 10.1. The Bertz CT molecular complexity index is 1070. The fraction of sp³-hybridized carbons (Fsp3) is 0.263. The number of rotatable bonds is 3. The van der Waals surface area contributed by atoms with Crippen molar-refractivity contribution in [3.05, 3.63) is 42.2 Å². The van der Waals surface area contributed by atoms with Gasteiger partial charge in [-0.25, -0.2) is 4.98 Å². The zero-order chi connectivity index (χ0) is 18.2. The van der Waals surface area contributed by atoms with Gasteiger partial charge in [0.15, 0.2) is 0 Å². The summed E-state index contributed by atoms with van der Waals surface area (Å²) in [6.07, 6.45) is 5.82. The molecule has 7 nitrogen and oxygen atoms in total. The van der Waals surface area contributed by atoms with Gasteiger partial charge in [0, 0.05) is 30.7 Å². The van der Waals surface area contributed by atoms with Crippen LogP contribution in [0, 0.1) is 0 Å². The highest BCUT2D eigenvalue weighted by Gasteiger charge is 2.19. The van der Waals surface area contributed by atoms with Crippen molar-refractivity contribution in [3.8, 4) is 22.0 Å². The number of nitrogens with zero attached hydrogens (tertiary/aromatic N) is 5. The van der Waals surface area contributed by atoms with E-state index in [1.807, 2.05) is 42.2 Å².